The lowest BCUT2D eigenvalue weighted by Crippen LogP contribution is -2.45. The van der Waals surface area contributed by atoms with E-state index in [1.165, 1.54) is 38.8 Å². The zero-order valence-electron chi connectivity index (χ0n) is 12.1. The first-order valence-electron chi connectivity index (χ1n) is 7.81. The van der Waals surface area contributed by atoms with Crippen molar-refractivity contribution in [1.82, 2.24) is 9.80 Å². The average Bonchev–Trinajstić information content (AvgIpc) is 2.39. The summed E-state index contributed by atoms with van der Waals surface area (Å²) >= 11 is 0. The molecule has 0 bridgehead atoms. The third-order valence-electron chi connectivity index (χ3n) is 5.00. The van der Waals surface area contributed by atoms with Gasteiger partial charge in [-0.3, -0.25) is 0 Å². The van der Waals surface area contributed by atoms with Crippen LogP contribution in [0.2, 0.25) is 0 Å². The molecule has 2 aliphatic heterocycles. The molecular weight excluding hydrogens is 224 g/mol. The average molecular weight is 254 g/mol. The van der Waals surface area contributed by atoms with Crippen LogP contribution in [-0.4, -0.2) is 60.3 Å². The molecular formula is C15H30N2O. The lowest BCUT2D eigenvalue weighted by molar-refractivity contribution is 0.0211. The van der Waals surface area contributed by atoms with E-state index in [1.54, 1.807) is 0 Å². The highest BCUT2D eigenvalue weighted by Gasteiger charge is 2.27. The molecule has 3 atom stereocenters. The first-order valence-corrected chi connectivity index (χ1v) is 7.81. The van der Waals surface area contributed by atoms with Crippen LogP contribution in [-0.2, 0) is 0 Å². The topological polar surface area (TPSA) is 26.7 Å². The van der Waals surface area contributed by atoms with Crippen LogP contribution < -0.4 is 0 Å². The van der Waals surface area contributed by atoms with Crippen LogP contribution in [0.4, 0.5) is 0 Å². The highest BCUT2D eigenvalue weighted by atomic mass is 16.3. The molecule has 0 aromatic carbocycles. The second-order valence-corrected chi connectivity index (χ2v) is 6.24. The van der Waals surface area contributed by atoms with E-state index >= 15 is 0 Å². The van der Waals surface area contributed by atoms with Crippen LogP contribution in [0.1, 0.15) is 45.4 Å². The van der Waals surface area contributed by atoms with Crippen molar-refractivity contribution in [3.8, 4) is 0 Å². The summed E-state index contributed by atoms with van der Waals surface area (Å²) in [5, 5.41) is 9.91. The Morgan fingerprint density at radius 3 is 2.72 bits per heavy atom. The van der Waals surface area contributed by atoms with E-state index in [0.717, 1.165) is 32.0 Å². The summed E-state index contributed by atoms with van der Waals surface area (Å²) < 4.78 is 0. The van der Waals surface area contributed by atoms with Gasteiger partial charge in [-0.1, -0.05) is 13.3 Å². The second kappa shape index (κ2) is 6.88. The SMILES string of the molecule is CCC1CN(CCC2CCCCN2C)CCC1O. The molecule has 2 fully saturated rings. The van der Waals surface area contributed by atoms with Crippen molar-refractivity contribution in [2.24, 2.45) is 5.92 Å². The largest absolute Gasteiger partial charge is 0.393 e. The summed E-state index contributed by atoms with van der Waals surface area (Å²) in [6.45, 7) is 6.90. The van der Waals surface area contributed by atoms with Gasteiger partial charge in [0.25, 0.3) is 0 Å². The predicted molar refractivity (Wildman–Crippen MR) is 75.7 cm³/mol. The van der Waals surface area contributed by atoms with Gasteiger partial charge in [-0.25, -0.2) is 0 Å². The summed E-state index contributed by atoms with van der Waals surface area (Å²) in [6, 6.07) is 0.797. The molecule has 3 unspecified atom stereocenters. The van der Waals surface area contributed by atoms with E-state index in [1.807, 2.05) is 0 Å². The molecule has 2 saturated heterocycles. The molecule has 0 radical (unpaired) electrons. The Hall–Kier alpha value is -0.120. The Labute approximate surface area is 112 Å². The van der Waals surface area contributed by atoms with Crippen molar-refractivity contribution < 1.29 is 5.11 Å². The number of aliphatic hydroxyl groups excluding tert-OH is 1. The minimum absolute atomic E-state index is 0.0522. The van der Waals surface area contributed by atoms with Crippen LogP contribution >= 0.6 is 0 Å². The van der Waals surface area contributed by atoms with E-state index in [2.05, 4.69) is 23.8 Å². The Morgan fingerprint density at radius 2 is 2.00 bits per heavy atom. The van der Waals surface area contributed by atoms with Gasteiger partial charge in [0, 0.05) is 19.1 Å². The maximum atomic E-state index is 9.91. The van der Waals surface area contributed by atoms with Gasteiger partial charge >= 0.3 is 0 Å². The van der Waals surface area contributed by atoms with Crippen molar-refractivity contribution in [3.05, 3.63) is 0 Å². The van der Waals surface area contributed by atoms with E-state index < -0.39 is 0 Å². The minimum Gasteiger partial charge on any atom is -0.393 e. The Bertz CT molecular complexity index is 247. The Balaban J connectivity index is 1.73. The third kappa shape index (κ3) is 3.69. The molecule has 0 aliphatic carbocycles. The normalized spacial score (nSPS) is 35.8. The zero-order chi connectivity index (χ0) is 13.0. The highest BCUT2D eigenvalue weighted by Crippen LogP contribution is 2.22. The van der Waals surface area contributed by atoms with Gasteiger partial charge in [-0.15, -0.1) is 0 Å². The van der Waals surface area contributed by atoms with Crippen molar-refractivity contribution in [3.63, 3.8) is 0 Å². The van der Waals surface area contributed by atoms with Gasteiger partial charge in [0.2, 0.25) is 0 Å². The number of rotatable bonds is 4. The second-order valence-electron chi connectivity index (χ2n) is 6.24. The van der Waals surface area contributed by atoms with Gasteiger partial charge in [-0.05, 0) is 58.2 Å². The standard InChI is InChI=1S/C15H30N2O/c1-3-13-12-17(11-8-15(13)18)10-7-14-6-4-5-9-16(14)2/h13-15,18H,3-12H2,1-2H3. The molecule has 2 heterocycles. The number of hydrogen-bond acceptors (Lipinski definition) is 3. The lowest BCUT2D eigenvalue weighted by Gasteiger charge is -2.38. The fourth-order valence-corrected chi connectivity index (χ4v) is 3.54. The molecule has 0 amide bonds. The van der Waals surface area contributed by atoms with Gasteiger partial charge in [0.15, 0.2) is 0 Å². The van der Waals surface area contributed by atoms with Crippen molar-refractivity contribution in [1.29, 1.82) is 0 Å². The molecule has 18 heavy (non-hydrogen) atoms. The molecule has 2 rings (SSSR count). The van der Waals surface area contributed by atoms with Crippen LogP contribution in [0.25, 0.3) is 0 Å². The fraction of sp³-hybridized carbons (Fsp3) is 1.00. The molecule has 0 aromatic heterocycles. The van der Waals surface area contributed by atoms with Gasteiger partial charge in [0.1, 0.15) is 0 Å². The molecule has 0 aromatic rings. The van der Waals surface area contributed by atoms with E-state index in [-0.39, 0.29) is 6.10 Å². The first-order chi connectivity index (χ1) is 8.70. The van der Waals surface area contributed by atoms with Gasteiger partial charge in [-0.2, -0.15) is 0 Å². The number of nitrogens with zero attached hydrogens (tertiary/aromatic N) is 2. The van der Waals surface area contributed by atoms with E-state index in [9.17, 15) is 5.11 Å². The summed E-state index contributed by atoms with van der Waals surface area (Å²) in [5.74, 6) is 0.503. The van der Waals surface area contributed by atoms with Gasteiger partial charge in [0.05, 0.1) is 6.10 Å². The van der Waals surface area contributed by atoms with Crippen molar-refractivity contribution in [2.75, 3.05) is 33.2 Å². The molecule has 3 nitrogen and oxygen atoms in total. The smallest absolute Gasteiger partial charge is 0.0592 e. The van der Waals surface area contributed by atoms with E-state index in [4.69, 9.17) is 0 Å². The zero-order valence-corrected chi connectivity index (χ0v) is 12.1. The Kier molecular flexibility index (Phi) is 5.46. The van der Waals surface area contributed by atoms with Crippen LogP contribution in [0, 0.1) is 5.92 Å². The number of piperidine rings is 2. The summed E-state index contributed by atoms with van der Waals surface area (Å²) in [5.41, 5.74) is 0. The summed E-state index contributed by atoms with van der Waals surface area (Å²) in [6.07, 6.45) is 7.50. The van der Waals surface area contributed by atoms with Crippen molar-refractivity contribution in [2.45, 2.75) is 57.6 Å². The van der Waals surface area contributed by atoms with E-state index in [0.29, 0.717) is 5.92 Å². The summed E-state index contributed by atoms with van der Waals surface area (Å²) in [7, 11) is 2.28. The van der Waals surface area contributed by atoms with Crippen LogP contribution in [0.3, 0.4) is 0 Å². The lowest BCUT2D eigenvalue weighted by atomic mass is 9.92. The minimum atomic E-state index is -0.0522. The molecule has 0 saturated carbocycles. The van der Waals surface area contributed by atoms with Gasteiger partial charge < -0.3 is 14.9 Å². The van der Waals surface area contributed by atoms with Crippen molar-refractivity contribution >= 4 is 0 Å². The molecule has 0 spiro atoms. The summed E-state index contributed by atoms with van der Waals surface area (Å²) in [4.78, 5) is 5.11. The first kappa shape index (κ1) is 14.3. The Morgan fingerprint density at radius 1 is 1.17 bits per heavy atom. The van der Waals surface area contributed by atoms with Crippen LogP contribution in [0.5, 0.6) is 0 Å². The maximum Gasteiger partial charge on any atom is 0.0592 e. The quantitative estimate of drug-likeness (QED) is 0.831. The number of aliphatic hydroxyl groups is 1. The molecule has 1 N–H and O–H groups in total. The number of hydrogen-bond donors (Lipinski definition) is 1. The number of likely N-dealkylation sites (tertiary alicyclic amines) is 2. The fourth-order valence-electron chi connectivity index (χ4n) is 3.54. The predicted octanol–water partition coefficient (Wildman–Crippen LogP) is 1.95. The molecule has 106 valence electrons. The monoisotopic (exact) mass is 254 g/mol. The molecule has 2 aliphatic rings. The molecule has 3 heteroatoms. The highest BCUT2D eigenvalue weighted by molar-refractivity contribution is 4.81. The maximum absolute atomic E-state index is 9.91. The third-order valence-corrected chi connectivity index (χ3v) is 5.00. The van der Waals surface area contributed by atoms with Crippen LogP contribution in [0.15, 0.2) is 0 Å².